The van der Waals surface area contributed by atoms with E-state index in [4.69, 9.17) is 5.73 Å². The lowest BCUT2D eigenvalue weighted by atomic mass is 9.76. The van der Waals surface area contributed by atoms with Gasteiger partial charge in [-0.25, -0.2) is 12.7 Å². The van der Waals surface area contributed by atoms with Crippen LogP contribution in [0.3, 0.4) is 0 Å². The molecule has 0 radical (unpaired) electrons. The second-order valence-electron chi connectivity index (χ2n) is 6.00. The first-order chi connectivity index (χ1) is 7.70. The molecule has 102 valence electrons. The van der Waals surface area contributed by atoms with Gasteiger partial charge in [0.15, 0.2) is 0 Å². The fourth-order valence-corrected chi connectivity index (χ4v) is 3.80. The van der Waals surface area contributed by atoms with Gasteiger partial charge >= 0.3 is 0 Å². The zero-order valence-corrected chi connectivity index (χ0v) is 12.3. The Labute approximate surface area is 106 Å². The average molecular weight is 262 g/mol. The van der Waals surface area contributed by atoms with E-state index in [0.717, 1.165) is 25.7 Å². The lowest BCUT2D eigenvalue weighted by molar-refractivity contribution is 0.173. The molecule has 0 bridgehead atoms. The van der Waals surface area contributed by atoms with Gasteiger partial charge < -0.3 is 5.73 Å². The monoisotopic (exact) mass is 262 g/mol. The van der Waals surface area contributed by atoms with Gasteiger partial charge in [-0.3, -0.25) is 0 Å². The summed E-state index contributed by atoms with van der Waals surface area (Å²) in [4.78, 5) is 0. The van der Waals surface area contributed by atoms with Gasteiger partial charge in [-0.15, -0.1) is 0 Å². The Morgan fingerprint density at radius 1 is 1.35 bits per heavy atom. The fraction of sp³-hybridized carbons (Fsp3) is 1.00. The van der Waals surface area contributed by atoms with Gasteiger partial charge in [0.1, 0.15) is 0 Å². The minimum Gasteiger partial charge on any atom is -0.329 e. The minimum absolute atomic E-state index is 0.155. The van der Waals surface area contributed by atoms with Crippen molar-refractivity contribution in [2.75, 3.05) is 13.6 Å². The van der Waals surface area contributed by atoms with Gasteiger partial charge in [0, 0.05) is 19.6 Å². The average Bonchev–Trinajstić information content (AvgIpc) is 2.27. The number of rotatable bonds is 4. The van der Waals surface area contributed by atoms with E-state index in [2.05, 4.69) is 13.8 Å². The first kappa shape index (κ1) is 14.9. The van der Waals surface area contributed by atoms with Crippen LogP contribution < -0.4 is 5.73 Å². The molecule has 2 N–H and O–H groups in total. The SMILES string of the molecule is CC(CN)S(=O)(=O)N(C)C1CCC(C)(C)CC1. The van der Waals surface area contributed by atoms with Gasteiger partial charge in [0.05, 0.1) is 5.25 Å². The molecule has 1 unspecified atom stereocenters. The van der Waals surface area contributed by atoms with Gasteiger partial charge in [-0.05, 0) is 38.0 Å². The van der Waals surface area contributed by atoms with Gasteiger partial charge in [-0.2, -0.15) is 0 Å². The highest BCUT2D eigenvalue weighted by Gasteiger charge is 2.35. The zero-order chi connectivity index (χ0) is 13.3. The van der Waals surface area contributed by atoms with Crippen molar-refractivity contribution in [1.82, 2.24) is 4.31 Å². The van der Waals surface area contributed by atoms with E-state index in [9.17, 15) is 8.42 Å². The molecule has 0 heterocycles. The second-order valence-corrected chi connectivity index (χ2v) is 8.41. The van der Waals surface area contributed by atoms with Crippen molar-refractivity contribution in [2.45, 2.75) is 57.7 Å². The molecule has 1 aliphatic carbocycles. The Balaban J connectivity index is 2.69. The van der Waals surface area contributed by atoms with E-state index < -0.39 is 15.3 Å². The van der Waals surface area contributed by atoms with Crippen LogP contribution in [0, 0.1) is 5.41 Å². The van der Waals surface area contributed by atoms with E-state index in [1.807, 2.05) is 0 Å². The van der Waals surface area contributed by atoms with E-state index in [1.165, 1.54) is 0 Å². The van der Waals surface area contributed by atoms with Gasteiger partial charge in [0.25, 0.3) is 0 Å². The lowest BCUT2D eigenvalue weighted by Crippen LogP contribution is -2.46. The number of nitrogens with two attached hydrogens (primary N) is 1. The molecule has 1 saturated carbocycles. The molecule has 0 amide bonds. The minimum atomic E-state index is -3.22. The molecule has 5 heteroatoms. The van der Waals surface area contributed by atoms with Gasteiger partial charge in [-0.1, -0.05) is 13.8 Å². The summed E-state index contributed by atoms with van der Waals surface area (Å²) in [6, 6.07) is 0.155. The van der Waals surface area contributed by atoms with E-state index in [-0.39, 0.29) is 12.6 Å². The first-order valence-corrected chi connectivity index (χ1v) is 7.88. The highest BCUT2D eigenvalue weighted by atomic mass is 32.2. The largest absolute Gasteiger partial charge is 0.329 e. The molecule has 1 atom stereocenters. The summed E-state index contributed by atoms with van der Waals surface area (Å²) in [5, 5.41) is -0.484. The summed E-state index contributed by atoms with van der Waals surface area (Å²) in [7, 11) is -1.52. The third-order valence-corrected chi connectivity index (χ3v) is 6.38. The Kier molecular flexibility index (Phi) is 4.60. The quantitative estimate of drug-likeness (QED) is 0.836. The summed E-state index contributed by atoms with van der Waals surface area (Å²) in [6.45, 7) is 6.37. The smallest absolute Gasteiger partial charge is 0.217 e. The highest BCUT2D eigenvalue weighted by molar-refractivity contribution is 7.89. The number of hydrogen-bond donors (Lipinski definition) is 1. The van der Waals surface area contributed by atoms with Crippen LogP contribution in [0.25, 0.3) is 0 Å². The molecule has 0 saturated heterocycles. The van der Waals surface area contributed by atoms with Crippen LogP contribution in [0.4, 0.5) is 0 Å². The summed E-state index contributed by atoms with van der Waals surface area (Å²) >= 11 is 0. The topological polar surface area (TPSA) is 63.4 Å². The first-order valence-electron chi connectivity index (χ1n) is 6.37. The second kappa shape index (κ2) is 5.24. The van der Waals surface area contributed by atoms with Crippen molar-refractivity contribution in [2.24, 2.45) is 11.1 Å². The normalized spacial score (nSPS) is 23.9. The maximum atomic E-state index is 12.2. The summed E-state index contributed by atoms with van der Waals surface area (Å²) < 4.78 is 25.9. The number of hydrogen-bond acceptors (Lipinski definition) is 3. The summed E-state index contributed by atoms with van der Waals surface area (Å²) in [6.07, 6.45) is 4.10. The molecular formula is C12H26N2O2S. The van der Waals surface area contributed by atoms with Crippen LogP contribution in [0.1, 0.15) is 46.5 Å². The van der Waals surface area contributed by atoms with Crippen molar-refractivity contribution < 1.29 is 8.42 Å². The Morgan fingerprint density at radius 3 is 2.24 bits per heavy atom. The highest BCUT2D eigenvalue weighted by Crippen LogP contribution is 2.37. The fourth-order valence-electron chi connectivity index (χ4n) is 2.36. The van der Waals surface area contributed by atoms with Crippen LogP contribution in [0.5, 0.6) is 0 Å². The maximum Gasteiger partial charge on any atom is 0.217 e. The molecule has 0 aliphatic heterocycles. The van der Waals surface area contributed by atoms with Crippen LogP contribution in [-0.2, 0) is 10.0 Å². The molecule has 0 spiro atoms. The van der Waals surface area contributed by atoms with Crippen LogP contribution >= 0.6 is 0 Å². The van der Waals surface area contributed by atoms with E-state index in [0.29, 0.717) is 5.41 Å². The van der Waals surface area contributed by atoms with Crippen molar-refractivity contribution in [3.63, 3.8) is 0 Å². The lowest BCUT2D eigenvalue weighted by Gasteiger charge is -2.38. The Bertz CT molecular complexity index is 342. The van der Waals surface area contributed by atoms with Crippen molar-refractivity contribution in [1.29, 1.82) is 0 Å². The molecule has 1 rings (SSSR count). The standard InChI is InChI=1S/C12H26N2O2S/c1-10(9-13)17(15,16)14(4)11-5-7-12(2,3)8-6-11/h10-11H,5-9,13H2,1-4H3. The molecule has 4 nitrogen and oxygen atoms in total. The number of nitrogens with zero attached hydrogens (tertiary/aromatic N) is 1. The zero-order valence-electron chi connectivity index (χ0n) is 11.4. The third-order valence-electron chi connectivity index (χ3n) is 4.06. The maximum absolute atomic E-state index is 12.2. The molecule has 0 aromatic carbocycles. The molecule has 0 aromatic rings. The third kappa shape index (κ3) is 3.42. The van der Waals surface area contributed by atoms with Crippen LogP contribution in [0.2, 0.25) is 0 Å². The Morgan fingerprint density at radius 2 is 1.82 bits per heavy atom. The molecule has 1 fully saturated rings. The molecule has 17 heavy (non-hydrogen) atoms. The predicted molar refractivity (Wildman–Crippen MR) is 71.2 cm³/mol. The van der Waals surface area contributed by atoms with E-state index in [1.54, 1.807) is 18.3 Å². The molecular weight excluding hydrogens is 236 g/mol. The van der Waals surface area contributed by atoms with Crippen LogP contribution in [-0.4, -0.2) is 37.6 Å². The van der Waals surface area contributed by atoms with Crippen LogP contribution in [0.15, 0.2) is 0 Å². The number of sulfonamides is 1. The van der Waals surface area contributed by atoms with Crippen molar-refractivity contribution >= 4 is 10.0 Å². The van der Waals surface area contributed by atoms with Gasteiger partial charge in [0.2, 0.25) is 10.0 Å². The molecule has 0 aromatic heterocycles. The summed E-state index contributed by atoms with van der Waals surface area (Å²) in [5.41, 5.74) is 5.82. The van der Waals surface area contributed by atoms with Crippen molar-refractivity contribution in [3.8, 4) is 0 Å². The van der Waals surface area contributed by atoms with E-state index >= 15 is 0 Å². The predicted octanol–water partition coefficient (Wildman–Crippen LogP) is 1.56. The van der Waals surface area contributed by atoms with Crippen molar-refractivity contribution in [3.05, 3.63) is 0 Å². The summed E-state index contributed by atoms with van der Waals surface area (Å²) in [5.74, 6) is 0. The molecule has 1 aliphatic rings. The Hall–Kier alpha value is -0.130.